The molecule has 1 saturated carbocycles. The Hall–Kier alpha value is -0.650. The summed E-state index contributed by atoms with van der Waals surface area (Å²) in [6.07, 6.45) is 2.33. The molecule has 0 spiro atoms. The van der Waals surface area contributed by atoms with Crippen molar-refractivity contribution < 1.29 is 9.53 Å². The molecule has 3 N–H and O–H groups in total. The number of hydrogen-bond acceptors (Lipinski definition) is 4. The van der Waals surface area contributed by atoms with Gasteiger partial charge in [0.1, 0.15) is 0 Å². The van der Waals surface area contributed by atoms with Crippen LogP contribution < -0.4 is 11.1 Å². The van der Waals surface area contributed by atoms with Gasteiger partial charge in [-0.25, -0.2) is 0 Å². The Kier molecular flexibility index (Phi) is 3.78. The summed E-state index contributed by atoms with van der Waals surface area (Å²) in [5.74, 6) is 0.132. The van der Waals surface area contributed by atoms with Crippen LogP contribution in [0.1, 0.15) is 19.8 Å². The largest absolute Gasteiger partial charge is 0.374 e. The second kappa shape index (κ2) is 5.12. The van der Waals surface area contributed by atoms with E-state index >= 15 is 0 Å². The summed E-state index contributed by atoms with van der Waals surface area (Å²) in [6, 6.07) is 0.465. The molecular weight excluding hydrogens is 206 g/mol. The van der Waals surface area contributed by atoms with Crippen molar-refractivity contribution in [1.82, 2.24) is 10.2 Å². The van der Waals surface area contributed by atoms with E-state index in [1.54, 1.807) is 0 Å². The van der Waals surface area contributed by atoms with Gasteiger partial charge in [-0.2, -0.15) is 0 Å². The third-order valence-corrected chi connectivity index (χ3v) is 3.07. The lowest BCUT2D eigenvalue weighted by Crippen LogP contribution is -2.52. The van der Waals surface area contributed by atoms with Crippen LogP contribution in [0.3, 0.4) is 0 Å². The van der Waals surface area contributed by atoms with Crippen LogP contribution in [0.5, 0.6) is 0 Å². The van der Waals surface area contributed by atoms with Gasteiger partial charge in [-0.1, -0.05) is 0 Å². The van der Waals surface area contributed by atoms with E-state index < -0.39 is 0 Å². The van der Waals surface area contributed by atoms with Crippen LogP contribution in [0.25, 0.3) is 0 Å². The minimum Gasteiger partial charge on any atom is -0.374 e. The van der Waals surface area contributed by atoms with Crippen LogP contribution in [0.15, 0.2) is 0 Å². The highest BCUT2D eigenvalue weighted by Crippen LogP contribution is 2.18. The van der Waals surface area contributed by atoms with Crippen molar-refractivity contribution in [1.29, 1.82) is 0 Å². The third-order valence-electron chi connectivity index (χ3n) is 3.07. The zero-order valence-corrected chi connectivity index (χ0v) is 9.82. The average molecular weight is 227 g/mol. The van der Waals surface area contributed by atoms with E-state index in [9.17, 15) is 4.79 Å². The Labute approximate surface area is 96.3 Å². The van der Waals surface area contributed by atoms with Crippen LogP contribution >= 0.6 is 0 Å². The molecule has 92 valence electrons. The summed E-state index contributed by atoms with van der Waals surface area (Å²) < 4.78 is 5.55. The van der Waals surface area contributed by atoms with Gasteiger partial charge < -0.3 is 15.8 Å². The number of ether oxygens (including phenoxy) is 1. The maximum absolute atomic E-state index is 11.6. The molecule has 5 heteroatoms. The van der Waals surface area contributed by atoms with Crippen LogP contribution in [0.2, 0.25) is 0 Å². The number of amides is 1. The molecule has 5 nitrogen and oxygen atoms in total. The fraction of sp³-hybridized carbons (Fsp3) is 0.909. The van der Waals surface area contributed by atoms with Crippen molar-refractivity contribution in [2.75, 3.05) is 26.2 Å². The summed E-state index contributed by atoms with van der Waals surface area (Å²) in [6.45, 7) is 4.67. The van der Waals surface area contributed by atoms with E-state index in [4.69, 9.17) is 10.5 Å². The number of nitrogens with one attached hydrogen (secondary N) is 1. The Bertz CT molecular complexity index is 254. The molecular formula is C11H21N3O2. The Morgan fingerprint density at radius 1 is 1.62 bits per heavy atom. The van der Waals surface area contributed by atoms with E-state index in [0.29, 0.717) is 19.2 Å². The third kappa shape index (κ3) is 3.43. The molecule has 2 aliphatic rings. The molecule has 1 aliphatic heterocycles. The van der Waals surface area contributed by atoms with Crippen LogP contribution in [0.4, 0.5) is 0 Å². The summed E-state index contributed by atoms with van der Waals surface area (Å²) in [7, 11) is 0. The normalized spacial score (nSPS) is 28.8. The molecule has 1 heterocycles. The first-order chi connectivity index (χ1) is 7.65. The quantitative estimate of drug-likeness (QED) is 0.667. The van der Waals surface area contributed by atoms with Crippen LogP contribution in [-0.2, 0) is 9.53 Å². The fourth-order valence-corrected chi connectivity index (χ4v) is 1.90. The molecule has 0 aromatic heterocycles. The molecule has 1 aliphatic carbocycles. The molecule has 2 rings (SSSR count). The first-order valence-corrected chi connectivity index (χ1v) is 6.04. The summed E-state index contributed by atoms with van der Waals surface area (Å²) >= 11 is 0. The van der Waals surface area contributed by atoms with Gasteiger partial charge in [-0.15, -0.1) is 0 Å². The smallest absolute Gasteiger partial charge is 0.234 e. The minimum absolute atomic E-state index is 0.0225. The summed E-state index contributed by atoms with van der Waals surface area (Å²) in [4.78, 5) is 13.7. The van der Waals surface area contributed by atoms with Crippen molar-refractivity contribution >= 4 is 5.91 Å². The lowest BCUT2D eigenvalue weighted by molar-refractivity contribution is -0.124. The Morgan fingerprint density at radius 2 is 2.38 bits per heavy atom. The van der Waals surface area contributed by atoms with Crippen molar-refractivity contribution in [3.63, 3.8) is 0 Å². The number of morpholine rings is 1. The molecule has 2 fully saturated rings. The molecule has 0 aromatic carbocycles. The lowest BCUT2D eigenvalue weighted by atomic mass is 10.1. The molecule has 16 heavy (non-hydrogen) atoms. The number of rotatable bonds is 4. The van der Waals surface area contributed by atoms with Gasteiger partial charge in [0.15, 0.2) is 0 Å². The highest BCUT2D eigenvalue weighted by Gasteiger charge is 2.27. The summed E-state index contributed by atoms with van der Waals surface area (Å²) in [5.41, 5.74) is 5.80. The second-order valence-electron chi connectivity index (χ2n) is 4.85. The highest BCUT2D eigenvalue weighted by molar-refractivity contribution is 5.78. The van der Waals surface area contributed by atoms with Gasteiger partial charge in [0.2, 0.25) is 5.91 Å². The van der Waals surface area contributed by atoms with Gasteiger partial charge in [-0.05, 0) is 19.8 Å². The molecule has 1 saturated heterocycles. The standard InChI is InChI=1S/C11H21N3O2/c1-8(12)10-6-14(4-5-16-10)7-11(15)13-9-2-3-9/h8-10H,2-7,12H2,1H3,(H,13,15). The summed E-state index contributed by atoms with van der Waals surface area (Å²) in [5, 5.41) is 2.99. The molecule has 1 amide bonds. The topological polar surface area (TPSA) is 67.6 Å². The SMILES string of the molecule is CC(N)C1CN(CC(=O)NC2CC2)CCO1. The maximum atomic E-state index is 11.6. The van der Waals surface area contributed by atoms with E-state index in [0.717, 1.165) is 25.9 Å². The van der Waals surface area contributed by atoms with E-state index in [1.807, 2.05) is 6.92 Å². The number of nitrogens with two attached hydrogens (primary N) is 1. The fourth-order valence-electron chi connectivity index (χ4n) is 1.90. The number of hydrogen-bond donors (Lipinski definition) is 2. The predicted octanol–water partition coefficient (Wildman–Crippen LogP) is -0.687. The van der Waals surface area contributed by atoms with Crippen molar-refractivity contribution in [2.45, 2.75) is 38.0 Å². The number of carbonyl (C=O) groups is 1. The molecule has 0 bridgehead atoms. The zero-order chi connectivity index (χ0) is 11.5. The van der Waals surface area contributed by atoms with Crippen molar-refractivity contribution in [3.8, 4) is 0 Å². The molecule has 2 unspecified atom stereocenters. The van der Waals surface area contributed by atoms with Crippen LogP contribution in [0, 0.1) is 0 Å². The van der Waals surface area contributed by atoms with Gasteiger partial charge in [0.05, 0.1) is 19.3 Å². The van der Waals surface area contributed by atoms with Crippen molar-refractivity contribution in [3.05, 3.63) is 0 Å². The van der Waals surface area contributed by atoms with Crippen LogP contribution in [-0.4, -0.2) is 55.2 Å². The predicted molar refractivity (Wildman–Crippen MR) is 61.0 cm³/mol. The van der Waals surface area contributed by atoms with E-state index in [-0.39, 0.29) is 18.1 Å². The van der Waals surface area contributed by atoms with Crippen molar-refractivity contribution in [2.24, 2.45) is 5.73 Å². The van der Waals surface area contributed by atoms with Gasteiger partial charge in [0, 0.05) is 25.2 Å². The van der Waals surface area contributed by atoms with Gasteiger partial charge in [-0.3, -0.25) is 9.69 Å². The first-order valence-electron chi connectivity index (χ1n) is 6.04. The first kappa shape index (κ1) is 11.8. The van der Waals surface area contributed by atoms with E-state index in [1.165, 1.54) is 0 Å². The van der Waals surface area contributed by atoms with Gasteiger partial charge in [0.25, 0.3) is 0 Å². The Balaban J connectivity index is 1.73. The number of carbonyl (C=O) groups excluding carboxylic acids is 1. The lowest BCUT2D eigenvalue weighted by Gasteiger charge is -2.34. The van der Waals surface area contributed by atoms with Gasteiger partial charge >= 0.3 is 0 Å². The zero-order valence-electron chi connectivity index (χ0n) is 9.82. The second-order valence-corrected chi connectivity index (χ2v) is 4.85. The highest BCUT2D eigenvalue weighted by atomic mass is 16.5. The monoisotopic (exact) mass is 227 g/mol. The minimum atomic E-state index is 0.0225. The molecule has 0 radical (unpaired) electrons. The maximum Gasteiger partial charge on any atom is 0.234 e. The number of nitrogens with zero attached hydrogens (tertiary/aromatic N) is 1. The molecule has 2 atom stereocenters. The van der Waals surface area contributed by atoms with E-state index in [2.05, 4.69) is 10.2 Å². The average Bonchev–Trinajstić information content (AvgIpc) is 3.01. The Morgan fingerprint density at radius 3 is 3.00 bits per heavy atom. The molecule has 0 aromatic rings.